The maximum Gasteiger partial charge on any atom is 0.276 e. The second-order valence-electron chi connectivity index (χ2n) is 4.95. The number of aromatic nitrogens is 2. The van der Waals surface area contributed by atoms with Crippen molar-refractivity contribution in [1.29, 1.82) is 0 Å². The molecule has 0 unspecified atom stereocenters. The molecule has 0 aliphatic heterocycles. The first-order valence-corrected chi connectivity index (χ1v) is 7.14. The lowest BCUT2D eigenvalue weighted by atomic mass is 10.2. The van der Waals surface area contributed by atoms with Gasteiger partial charge in [-0.15, -0.1) is 10.2 Å². The normalized spacial score (nSPS) is 11.7. The van der Waals surface area contributed by atoms with Crippen LogP contribution in [0.15, 0.2) is 42.5 Å². The molecule has 1 amide bonds. The van der Waals surface area contributed by atoms with Crippen molar-refractivity contribution < 1.29 is 9.53 Å². The summed E-state index contributed by atoms with van der Waals surface area (Å²) in [7, 11) is 1.67. The highest BCUT2D eigenvalue weighted by Gasteiger charge is 2.09. The number of ether oxygens (including phenoxy) is 1. The summed E-state index contributed by atoms with van der Waals surface area (Å²) < 4.78 is 5.03. The molecule has 0 saturated heterocycles. The van der Waals surface area contributed by atoms with E-state index < -0.39 is 0 Å². The number of benzene rings is 1. The van der Waals surface area contributed by atoms with Crippen molar-refractivity contribution in [3.05, 3.63) is 48.2 Å². The number of carbonyl (C=O) groups is 1. The molecule has 1 aromatic carbocycles. The molecule has 1 aromatic heterocycles. The quantitative estimate of drug-likeness (QED) is 0.822. The van der Waals surface area contributed by atoms with E-state index in [4.69, 9.17) is 4.74 Å². The van der Waals surface area contributed by atoms with Crippen LogP contribution in [0.4, 0.5) is 11.5 Å². The molecule has 0 spiro atoms. The average Bonchev–Trinajstić information content (AvgIpc) is 2.54. The summed E-state index contributed by atoms with van der Waals surface area (Å²) in [4.78, 5) is 12.0. The Balaban J connectivity index is 1.92. The van der Waals surface area contributed by atoms with E-state index in [0.29, 0.717) is 12.4 Å². The minimum Gasteiger partial charge on any atom is -0.385 e. The van der Waals surface area contributed by atoms with Crippen LogP contribution in [0.1, 0.15) is 23.8 Å². The van der Waals surface area contributed by atoms with Crippen molar-refractivity contribution in [3.63, 3.8) is 0 Å². The summed E-state index contributed by atoms with van der Waals surface area (Å²) in [6.07, 6.45) is 0.869. The minimum absolute atomic E-state index is 0.221. The monoisotopic (exact) mass is 300 g/mol. The Hall–Kier alpha value is -2.47. The number of hydrogen-bond donors (Lipinski definition) is 2. The van der Waals surface area contributed by atoms with Gasteiger partial charge in [0.1, 0.15) is 5.82 Å². The van der Waals surface area contributed by atoms with Crippen LogP contribution in [0.5, 0.6) is 0 Å². The molecule has 22 heavy (non-hydrogen) atoms. The lowest BCUT2D eigenvalue weighted by Crippen LogP contribution is -2.19. The molecule has 0 aliphatic rings. The van der Waals surface area contributed by atoms with Crippen molar-refractivity contribution in [3.8, 4) is 0 Å². The van der Waals surface area contributed by atoms with Crippen molar-refractivity contribution in [2.75, 3.05) is 24.4 Å². The lowest BCUT2D eigenvalue weighted by Gasteiger charge is -2.13. The van der Waals surface area contributed by atoms with E-state index >= 15 is 0 Å². The molecule has 0 aliphatic carbocycles. The SMILES string of the molecule is COCC[C@@H](C)Nc1ccc(C(=O)Nc2ccccc2)nn1. The number of anilines is 2. The largest absolute Gasteiger partial charge is 0.385 e. The first-order valence-electron chi connectivity index (χ1n) is 7.14. The van der Waals surface area contributed by atoms with Gasteiger partial charge in [-0.25, -0.2) is 0 Å². The Bertz CT molecular complexity index is 587. The summed E-state index contributed by atoms with van der Waals surface area (Å²) in [6.45, 7) is 2.72. The van der Waals surface area contributed by atoms with Crippen LogP contribution in [0.2, 0.25) is 0 Å². The molecule has 0 bridgehead atoms. The summed E-state index contributed by atoms with van der Waals surface area (Å²) in [5, 5.41) is 14.0. The highest BCUT2D eigenvalue weighted by atomic mass is 16.5. The van der Waals surface area contributed by atoms with E-state index in [1.54, 1.807) is 19.2 Å². The van der Waals surface area contributed by atoms with Gasteiger partial charge in [-0.1, -0.05) is 18.2 Å². The Labute approximate surface area is 129 Å². The third-order valence-electron chi connectivity index (χ3n) is 3.08. The predicted molar refractivity (Wildman–Crippen MR) is 86.0 cm³/mol. The molecule has 2 aromatic rings. The number of rotatable bonds is 7. The molecule has 0 saturated carbocycles. The van der Waals surface area contributed by atoms with E-state index in [1.807, 2.05) is 37.3 Å². The summed E-state index contributed by atoms with van der Waals surface area (Å²) in [6, 6.07) is 12.9. The molecule has 1 atom stereocenters. The number of nitrogens with zero attached hydrogens (tertiary/aromatic N) is 2. The topological polar surface area (TPSA) is 76.1 Å². The Kier molecular flexibility index (Phi) is 5.85. The first kappa shape index (κ1) is 15.9. The summed E-state index contributed by atoms with van der Waals surface area (Å²) in [5.41, 5.74) is 1.00. The highest BCUT2D eigenvalue weighted by Crippen LogP contribution is 2.09. The molecule has 6 nitrogen and oxygen atoms in total. The number of carbonyl (C=O) groups excluding carboxylic acids is 1. The van der Waals surface area contributed by atoms with Crippen LogP contribution < -0.4 is 10.6 Å². The molecule has 1 heterocycles. The maximum atomic E-state index is 12.0. The van der Waals surface area contributed by atoms with Gasteiger partial charge in [-0.05, 0) is 37.6 Å². The third kappa shape index (κ3) is 4.82. The summed E-state index contributed by atoms with van der Waals surface area (Å²) in [5.74, 6) is 0.359. The number of nitrogens with one attached hydrogen (secondary N) is 2. The van der Waals surface area contributed by atoms with Gasteiger partial charge in [0.25, 0.3) is 5.91 Å². The second kappa shape index (κ2) is 8.09. The van der Waals surface area contributed by atoms with E-state index in [0.717, 1.165) is 12.1 Å². The fourth-order valence-electron chi connectivity index (χ4n) is 1.87. The van der Waals surface area contributed by atoms with Crippen molar-refractivity contribution in [1.82, 2.24) is 10.2 Å². The molecular weight excluding hydrogens is 280 g/mol. The van der Waals surface area contributed by atoms with Crippen LogP contribution in [-0.4, -0.2) is 35.9 Å². The minimum atomic E-state index is -0.280. The molecule has 116 valence electrons. The number of amides is 1. The van der Waals surface area contributed by atoms with Gasteiger partial charge in [0.2, 0.25) is 0 Å². The van der Waals surface area contributed by atoms with Gasteiger partial charge in [0.05, 0.1) is 0 Å². The molecule has 6 heteroatoms. The molecule has 0 radical (unpaired) electrons. The Morgan fingerprint density at radius 3 is 2.59 bits per heavy atom. The van der Waals surface area contributed by atoms with Crippen molar-refractivity contribution in [2.45, 2.75) is 19.4 Å². The van der Waals surface area contributed by atoms with E-state index in [2.05, 4.69) is 20.8 Å². The maximum absolute atomic E-state index is 12.0. The second-order valence-corrected chi connectivity index (χ2v) is 4.95. The van der Waals surface area contributed by atoms with Crippen LogP contribution in [0.25, 0.3) is 0 Å². The van der Waals surface area contributed by atoms with Gasteiger partial charge in [-0.2, -0.15) is 0 Å². The smallest absolute Gasteiger partial charge is 0.276 e. The average molecular weight is 300 g/mol. The van der Waals surface area contributed by atoms with Gasteiger partial charge < -0.3 is 15.4 Å². The van der Waals surface area contributed by atoms with Gasteiger partial charge in [0.15, 0.2) is 5.69 Å². The van der Waals surface area contributed by atoms with Crippen molar-refractivity contribution in [2.24, 2.45) is 0 Å². The van der Waals surface area contributed by atoms with E-state index in [9.17, 15) is 4.79 Å². The highest BCUT2D eigenvalue weighted by molar-refractivity contribution is 6.02. The number of hydrogen-bond acceptors (Lipinski definition) is 5. The lowest BCUT2D eigenvalue weighted by molar-refractivity contribution is 0.102. The Morgan fingerprint density at radius 2 is 1.95 bits per heavy atom. The number of methoxy groups -OCH3 is 1. The van der Waals surface area contributed by atoms with Gasteiger partial charge in [0, 0.05) is 25.4 Å². The summed E-state index contributed by atoms with van der Waals surface area (Å²) >= 11 is 0. The zero-order valence-corrected chi connectivity index (χ0v) is 12.7. The first-order chi connectivity index (χ1) is 10.7. The molecule has 0 fully saturated rings. The Morgan fingerprint density at radius 1 is 1.18 bits per heavy atom. The fourth-order valence-corrected chi connectivity index (χ4v) is 1.87. The van der Waals surface area contributed by atoms with E-state index in [-0.39, 0.29) is 17.6 Å². The van der Waals surface area contributed by atoms with Crippen LogP contribution in [0, 0.1) is 0 Å². The molecule has 2 N–H and O–H groups in total. The van der Waals surface area contributed by atoms with Crippen molar-refractivity contribution >= 4 is 17.4 Å². The third-order valence-corrected chi connectivity index (χ3v) is 3.08. The van der Waals surface area contributed by atoms with Crippen LogP contribution in [0.3, 0.4) is 0 Å². The van der Waals surface area contributed by atoms with E-state index in [1.165, 1.54) is 0 Å². The zero-order valence-electron chi connectivity index (χ0n) is 12.7. The fraction of sp³-hybridized carbons (Fsp3) is 0.312. The molecular formula is C16H20N4O2. The standard InChI is InChI=1S/C16H20N4O2/c1-12(10-11-22-2)17-15-9-8-14(19-20-15)16(21)18-13-6-4-3-5-7-13/h3-9,12H,10-11H2,1-2H3,(H,17,20)(H,18,21)/t12-/m1/s1. The van der Waals surface area contributed by atoms with Gasteiger partial charge in [-0.3, -0.25) is 4.79 Å². The van der Waals surface area contributed by atoms with Crippen LogP contribution in [-0.2, 0) is 4.74 Å². The van der Waals surface area contributed by atoms with Crippen LogP contribution >= 0.6 is 0 Å². The predicted octanol–water partition coefficient (Wildman–Crippen LogP) is 2.57. The molecule has 2 rings (SSSR count). The van der Waals surface area contributed by atoms with Gasteiger partial charge >= 0.3 is 0 Å². The zero-order chi connectivity index (χ0) is 15.8. The number of para-hydroxylation sites is 1.